The maximum Gasteiger partial charge on any atom is 0.325 e. The number of nitrogens with one attached hydrogen (secondary N) is 2. The van der Waals surface area contributed by atoms with Crippen LogP contribution in [0, 0.1) is 11.6 Å². The number of imidazole rings is 1. The predicted octanol–water partition coefficient (Wildman–Crippen LogP) is 0.447. The Bertz CT molecular complexity index is 896. The number of carbonyl (C=O) groups is 2. The minimum Gasteiger partial charge on any atom is -0.480 e. The van der Waals surface area contributed by atoms with E-state index in [2.05, 4.69) is 25.6 Å². The number of nitrogens with zero attached hydrogens (tertiary/aromatic N) is 4. The summed E-state index contributed by atoms with van der Waals surface area (Å²) < 4.78 is 27.3. The SMILES string of the molecule is O=C(O)Cn1cc(C(=O)NCc2nc3cc(F)c(F)cc3[nH]2)nn1. The number of carboxylic acids is 1. The molecule has 0 fully saturated rings. The third-order valence-electron chi connectivity index (χ3n) is 3.06. The Morgan fingerprint density at radius 3 is 2.79 bits per heavy atom. The third kappa shape index (κ3) is 3.19. The van der Waals surface area contributed by atoms with Crippen LogP contribution >= 0.6 is 0 Å². The molecule has 0 aliphatic carbocycles. The fourth-order valence-electron chi connectivity index (χ4n) is 2.01. The quantitative estimate of drug-likeness (QED) is 0.621. The number of hydrogen-bond donors (Lipinski definition) is 3. The Balaban J connectivity index is 1.67. The molecule has 2 aromatic heterocycles. The lowest BCUT2D eigenvalue weighted by Gasteiger charge is -1.99. The van der Waals surface area contributed by atoms with E-state index >= 15 is 0 Å². The summed E-state index contributed by atoms with van der Waals surface area (Å²) in [6, 6.07) is 1.92. The average Bonchev–Trinajstić information content (AvgIpc) is 3.11. The molecule has 3 rings (SSSR count). The zero-order chi connectivity index (χ0) is 17.3. The minimum absolute atomic E-state index is 0.0391. The van der Waals surface area contributed by atoms with E-state index in [1.165, 1.54) is 6.20 Å². The number of benzene rings is 1. The Morgan fingerprint density at radius 2 is 2.04 bits per heavy atom. The van der Waals surface area contributed by atoms with Gasteiger partial charge in [0.1, 0.15) is 12.4 Å². The zero-order valence-corrected chi connectivity index (χ0v) is 12.0. The highest BCUT2D eigenvalue weighted by molar-refractivity contribution is 5.91. The van der Waals surface area contributed by atoms with Crippen LogP contribution in [0.25, 0.3) is 11.0 Å². The minimum atomic E-state index is -1.12. The van der Waals surface area contributed by atoms with E-state index in [0.29, 0.717) is 11.3 Å². The summed E-state index contributed by atoms with van der Waals surface area (Å²) in [7, 11) is 0. The van der Waals surface area contributed by atoms with Gasteiger partial charge in [-0.2, -0.15) is 0 Å². The molecule has 0 saturated heterocycles. The van der Waals surface area contributed by atoms with E-state index in [4.69, 9.17) is 5.11 Å². The molecule has 0 saturated carbocycles. The molecule has 24 heavy (non-hydrogen) atoms. The van der Waals surface area contributed by atoms with Crippen LogP contribution < -0.4 is 5.32 Å². The second kappa shape index (κ2) is 6.02. The summed E-state index contributed by atoms with van der Waals surface area (Å²) in [6.45, 7) is -0.455. The molecule has 0 atom stereocenters. The van der Waals surface area contributed by atoms with Crippen LogP contribution in [-0.2, 0) is 17.9 Å². The van der Waals surface area contributed by atoms with Crippen molar-refractivity contribution in [3.05, 3.63) is 41.5 Å². The van der Waals surface area contributed by atoms with Gasteiger partial charge in [-0.15, -0.1) is 5.10 Å². The molecule has 1 amide bonds. The van der Waals surface area contributed by atoms with Crippen molar-refractivity contribution in [2.24, 2.45) is 0 Å². The summed E-state index contributed by atoms with van der Waals surface area (Å²) >= 11 is 0. The van der Waals surface area contributed by atoms with Crippen molar-refractivity contribution in [1.29, 1.82) is 0 Å². The molecule has 0 aliphatic rings. The van der Waals surface area contributed by atoms with Crippen molar-refractivity contribution in [2.75, 3.05) is 0 Å². The number of aromatic amines is 1. The van der Waals surface area contributed by atoms with Crippen molar-refractivity contribution < 1.29 is 23.5 Å². The summed E-state index contributed by atoms with van der Waals surface area (Å²) in [4.78, 5) is 29.2. The van der Waals surface area contributed by atoms with Gasteiger partial charge in [0.05, 0.1) is 23.8 Å². The van der Waals surface area contributed by atoms with Crippen LogP contribution in [0.1, 0.15) is 16.3 Å². The van der Waals surface area contributed by atoms with Crippen molar-refractivity contribution in [3.63, 3.8) is 0 Å². The van der Waals surface area contributed by atoms with E-state index in [0.717, 1.165) is 16.8 Å². The van der Waals surface area contributed by atoms with Crippen LogP contribution in [0.4, 0.5) is 8.78 Å². The van der Waals surface area contributed by atoms with Crippen LogP contribution in [0.3, 0.4) is 0 Å². The Morgan fingerprint density at radius 1 is 1.29 bits per heavy atom. The molecule has 0 bridgehead atoms. The molecule has 0 aliphatic heterocycles. The highest BCUT2D eigenvalue weighted by atomic mass is 19.2. The number of hydrogen-bond acceptors (Lipinski definition) is 5. The van der Waals surface area contributed by atoms with Crippen LogP contribution in [0.5, 0.6) is 0 Å². The summed E-state index contributed by atoms with van der Waals surface area (Å²) in [6.07, 6.45) is 1.19. The van der Waals surface area contributed by atoms with Gasteiger partial charge < -0.3 is 15.4 Å². The van der Waals surface area contributed by atoms with Crippen molar-refractivity contribution >= 4 is 22.9 Å². The molecule has 3 N–H and O–H groups in total. The number of carbonyl (C=O) groups excluding carboxylic acids is 1. The number of aliphatic carboxylic acids is 1. The first-order valence-corrected chi connectivity index (χ1v) is 6.66. The van der Waals surface area contributed by atoms with Gasteiger partial charge in [0, 0.05) is 12.1 Å². The number of halogens is 2. The smallest absolute Gasteiger partial charge is 0.325 e. The first kappa shape index (κ1) is 15.5. The lowest BCUT2D eigenvalue weighted by Crippen LogP contribution is -2.23. The molecule has 0 radical (unpaired) electrons. The van der Waals surface area contributed by atoms with Crippen molar-refractivity contribution in [3.8, 4) is 0 Å². The van der Waals surface area contributed by atoms with E-state index < -0.39 is 30.1 Å². The largest absolute Gasteiger partial charge is 0.480 e. The fourth-order valence-corrected chi connectivity index (χ4v) is 2.01. The number of aromatic nitrogens is 5. The lowest BCUT2D eigenvalue weighted by atomic mass is 10.3. The van der Waals surface area contributed by atoms with E-state index in [1.54, 1.807) is 0 Å². The Hall–Kier alpha value is -3.37. The first-order valence-electron chi connectivity index (χ1n) is 6.66. The van der Waals surface area contributed by atoms with Gasteiger partial charge >= 0.3 is 5.97 Å². The van der Waals surface area contributed by atoms with Crippen LogP contribution in [0.2, 0.25) is 0 Å². The lowest BCUT2D eigenvalue weighted by molar-refractivity contribution is -0.137. The predicted molar refractivity (Wildman–Crippen MR) is 74.8 cm³/mol. The number of carboxylic acid groups (broad SMARTS) is 1. The molecule has 0 unspecified atom stereocenters. The average molecular weight is 336 g/mol. The second-order valence-electron chi connectivity index (χ2n) is 4.84. The normalized spacial score (nSPS) is 10.9. The number of fused-ring (bicyclic) bond motifs is 1. The molecule has 124 valence electrons. The number of rotatable bonds is 5. The highest BCUT2D eigenvalue weighted by Gasteiger charge is 2.13. The molecule has 11 heteroatoms. The van der Waals surface area contributed by atoms with Gasteiger partial charge in [0.2, 0.25) is 0 Å². The topological polar surface area (TPSA) is 126 Å². The van der Waals surface area contributed by atoms with Crippen molar-refractivity contribution in [1.82, 2.24) is 30.3 Å². The van der Waals surface area contributed by atoms with Gasteiger partial charge in [-0.3, -0.25) is 9.59 Å². The molecule has 3 aromatic rings. The fraction of sp³-hybridized carbons (Fsp3) is 0.154. The van der Waals surface area contributed by atoms with Crippen molar-refractivity contribution in [2.45, 2.75) is 13.1 Å². The number of amides is 1. The van der Waals surface area contributed by atoms with Gasteiger partial charge in [-0.05, 0) is 0 Å². The highest BCUT2D eigenvalue weighted by Crippen LogP contribution is 2.16. The Labute approximate surface area is 132 Å². The molecular weight excluding hydrogens is 326 g/mol. The van der Waals surface area contributed by atoms with E-state index in [-0.39, 0.29) is 17.8 Å². The summed E-state index contributed by atoms with van der Waals surface area (Å²) in [5, 5.41) is 18.2. The van der Waals surface area contributed by atoms with Crippen LogP contribution in [-0.4, -0.2) is 41.9 Å². The standard InChI is InChI=1S/C13H10F2N6O3/c14-6-1-8-9(2-7(6)15)18-11(17-8)3-16-13(24)10-4-21(20-19-10)5-12(22)23/h1-2,4H,3,5H2,(H,16,24)(H,17,18)(H,22,23). The van der Waals surface area contributed by atoms with Crippen LogP contribution in [0.15, 0.2) is 18.3 Å². The van der Waals surface area contributed by atoms with Gasteiger partial charge in [0.25, 0.3) is 5.91 Å². The number of H-pyrrole nitrogens is 1. The molecule has 9 nitrogen and oxygen atoms in total. The van der Waals surface area contributed by atoms with E-state index in [9.17, 15) is 18.4 Å². The maximum absolute atomic E-state index is 13.1. The monoisotopic (exact) mass is 336 g/mol. The zero-order valence-electron chi connectivity index (χ0n) is 12.0. The molecule has 2 heterocycles. The van der Waals surface area contributed by atoms with E-state index in [1.807, 2.05) is 0 Å². The van der Waals surface area contributed by atoms with Gasteiger partial charge in [-0.1, -0.05) is 5.21 Å². The molecule has 0 spiro atoms. The van der Waals surface area contributed by atoms with Gasteiger partial charge in [0.15, 0.2) is 17.3 Å². The summed E-state index contributed by atoms with van der Waals surface area (Å²) in [5.41, 5.74) is 0.459. The Kier molecular flexibility index (Phi) is 3.90. The van der Waals surface area contributed by atoms with Gasteiger partial charge in [-0.25, -0.2) is 18.4 Å². The summed E-state index contributed by atoms with van der Waals surface area (Å²) in [5.74, 6) is -3.43. The third-order valence-corrected chi connectivity index (χ3v) is 3.06. The molecular formula is C13H10F2N6O3. The molecule has 1 aromatic carbocycles. The first-order chi connectivity index (χ1) is 11.4. The maximum atomic E-state index is 13.1. The second-order valence-corrected chi connectivity index (χ2v) is 4.84.